The molecule has 1 rings (SSSR count). The van der Waals surface area contributed by atoms with E-state index in [1.807, 2.05) is 19.2 Å². The lowest BCUT2D eigenvalue weighted by Crippen LogP contribution is -2.29. The number of methoxy groups -OCH3 is 1. The molecule has 3 heteroatoms. The third-order valence-corrected chi connectivity index (χ3v) is 2.96. The third kappa shape index (κ3) is 3.22. The second kappa shape index (κ2) is 6.51. The van der Waals surface area contributed by atoms with Crippen LogP contribution in [0, 0.1) is 0 Å². The van der Waals surface area contributed by atoms with Crippen molar-refractivity contribution in [2.24, 2.45) is 0 Å². The summed E-state index contributed by atoms with van der Waals surface area (Å²) >= 11 is 0. The topological polar surface area (TPSA) is 24.5 Å². The SMILES string of the molecule is CNCCN(C)C(C)c1ccccc1OC. The van der Waals surface area contributed by atoms with Crippen molar-refractivity contribution in [3.63, 3.8) is 0 Å². The van der Waals surface area contributed by atoms with Crippen molar-refractivity contribution >= 4 is 0 Å². The molecular formula is C13H22N2O. The zero-order chi connectivity index (χ0) is 12.0. The van der Waals surface area contributed by atoms with Gasteiger partial charge in [0.05, 0.1) is 7.11 Å². The van der Waals surface area contributed by atoms with Gasteiger partial charge in [-0.15, -0.1) is 0 Å². The minimum Gasteiger partial charge on any atom is -0.496 e. The van der Waals surface area contributed by atoms with Crippen LogP contribution in [0.15, 0.2) is 24.3 Å². The first-order valence-electron chi connectivity index (χ1n) is 5.68. The monoisotopic (exact) mass is 222 g/mol. The summed E-state index contributed by atoms with van der Waals surface area (Å²) < 4.78 is 5.38. The van der Waals surface area contributed by atoms with Gasteiger partial charge in [-0.2, -0.15) is 0 Å². The molecule has 0 spiro atoms. The predicted octanol–water partition coefficient (Wildman–Crippen LogP) is 1.91. The average molecular weight is 222 g/mol. The molecule has 0 aliphatic rings. The smallest absolute Gasteiger partial charge is 0.123 e. The van der Waals surface area contributed by atoms with E-state index >= 15 is 0 Å². The number of likely N-dealkylation sites (N-methyl/N-ethyl adjacent to an activating group) is 2. The summed E-state index contributed by atoms with van der Waals surface area (Å²) in [5.74, 6) is 0.964. The maximum atomic E-state index is 5.38. The molecule has 0 aliphatic carbocycles. The molecule has 0 heterocycles. The Morgan fingerprint density at radius 3 is 2.69 bits per heavy atom. The number of hydrogen-bond donors (Lipinski definition) is 1. The van der Waals surface area contributed by atoms with Crippen LogP contribution in [0.4, 0.5) is 0 Å². The summed E-state index contributed by atoms with van der Waals surface area (Å²) in [5, 5.41) is 3.16. The molecule has 1 atom stereocenters. The largest absolute Gasteiger partial charge is 0.496 e. The molecule has 0 fully saturated rings. The molecule has 0 aliphatic heterocycles. The lowest BCUT2D eigenvalue weighted by Gasteiger charge is -2.26. The minimum atomic E-state index is 0.365. The van der Waals surface area contributed by atoms with Crippen LogP contribution in [-0.2, 0) is 0 Å². The average Bonchev–Trinajstić information content (AvgIpc) is 2.34. The summed E-state index contributed by atoms with van der Waals surface area (Å²) in [7, 11) is 5.83. The molecule has 90 valence electrons. The lowest BCUT2D eigenvalue weighted by atomic mass is 10.1. The standard InChI is InChI=1S/C13H22N2O/c1-11(15(3)10-9-14-2)12-7-5-6-8-13(12)16-4/h5-8,11,14H,9-10H2,1-4H3. The van der Waals surface area contributed by atoms with Crippen LogP contribution < -0.4 is 10.1 Å². The molecule has 3 nitrogen and oxygen atoms in total. The Bertz CT molecular complexity index is 315. The Labute approximate surface area is 98.4 Å². The van der Waals surface area contributed by atoms with Crippen LogP contribution in [0.1, 0.15) is 18.5 Å². The van der Waals surface area contributed by atoms with Gasteiger partial charge in [-0.05, 0) is 27.1 Å². The molecule has 1 unspecified atom stereocenters. The van der Waals surface area contributed by atoms with Crippen LogP contribution >= 0.6 is 0 Å². The van der Waals surface area contributed by atoms with Gasteiger partial charge in [0.15, 0.2) is 0 Å². The quantitative estimate of drug-likeness (QED) is 0.795. The maximum absolute atomic E-state index is 5.38. The van der Waals surface area contributed by atoms with E-state index < -0.39 is 0 Å². The summed E-state index contributed by atoms with van der Waals surface area (Å²) in [4.78, 5) is 2.31. The van der Waals surface area contributed by atoms with Crippen LogP contribution in [0.25, 0.3) is 0 Å². The molecule has 1 N–H and O–H groups in total. The molecule has 1 aromatic carbocycles. The highest BCUT2D eigenvalue weighted by Gasteiger charge is 2.14. The number of benzene rings is 1. The first-order chi connectivity index (χ1) is 7.70. The van der Waals surface area contributed by atoms with E-state index in [1.165, 1.54) is 5.56 Å². The fourth-order valence-electron chi connectivity index (χ4n) is 1.73. The summed E-state index contributed by atoms with van der Waals surface area (Å²) in [5.41, 5.74) is 1.24. The van der Waals surface area contributed by atoms with Crippen LogP contribution in [0.2, 0.25) is 0 Å². The van der Waals surface area contributed by atoms with Crippen molar-refractivity contribution in [2.45, 2.75) is 13.0 Å². The van der Waals surface area contributed by atoms with Gasteiger partial charge in [-0.25, -0.2) is 0 Å². The highest BCUT2D eigenvalue weighted by Crippen LogP contribution is 2.27. The summed E-state index contributed by atoms with van der Waals surface area (Å²) in [6.07, 6.45) is 0. The Balaban J connectivity index is 2.74. The van der Waals surface area contributed by atoms with Gasteiger partial charge in [-0.3, -0.25) is 4.90 Å². The van der Waals surface area contributed by atoms with Gasteiger partial charge in [0.25, 0.3) is 0 Å². The maximum Gasteiger partial charge on any atom is 0.123 e. The fourth-order valence-corrected chi connectivity index (χ4v) is 1.73. The number of ether oxygens (including phenoxy) is 1. The molecule has 0 saturated carbocycles. The van der Waals surface area contributed by atoms with Crippen molar-refractivity contribution in [1.82, 2.24) is 10.2 Å². The number of rotatable bonds is 6. The fraction of sp³-hybridized carbons (Fsp3) is 0.538. The number of hydrogen-bond acceptors (Lipinski definition) is 3. The van der Waals surface area contributed by atoms with Gasteiger partial charge in [0.2, 0.25) is 0 Å². The van der Waals surface area contributed by atoms with Crippen molar-refractivity contribution in [3.05, 3.63) is 29.8 Å². The molecule has 0 aromatic heterocycles. The number of para-hydroxylation sites is 1. The normalized spacial score (nSPS) is 12.8. The third-order valence-electron chi connectivity index (χ3n) is 2.96. The molecule has 16 heavy (non-hydrogen) atoms. The minimum absolute atomic E-state index is 0.365. The van der Waals surface area contributed by atoms with E-state index in [0.29, 0.717) is 6.04 Å². The van der Waals surface area contributed by atoms with Gasteiger partial charge >= 0.3 is 0 Å². The predicted molar refractivity (Wildman–Crippen MR) is 68.0 cm³/mol. The summed E-state index contributed by atoms with van der Waals surface area (Å²) in [6.45, 7) is 4.22. The molecule has 0 radical (unpaired) electrons. The molecule has 1 aromatic rings. The van der Waals surface area contributed by atoms with Gasteiger partial charge in [0.1, 0.15) is 5.75 Å². The van der Waals surface area contributed by atoms with E-state index in [-0.39, 0.29) is 0 Å². The van der Waals surface area contributed by atoms with E-state index in [2.05, 4.69) is 36.3 Å². The second-order valence-electron chi connectivity index (χ2n) is 4.00. The van der Waals surface area contributed by atoms with Crippen LogP contribution in [-0.4, -0.2) is 39.2 Å². The summed E-state index contributed by atoms with van der Waals surface area (Å²) in [6, 6.07) is 8.56. The Morgan fingerprint density at radius 1 is 1.38 bits per heavy atom. The van der Waals surface area contributed by atoms with E-state index in [9.17, 15) is 0 Å². The highest BCUT2D eigenvalue weighted by atomic mass is 16.5. The van der Waals surface area contributed by atoms with Crippen molar-refractivity contribution in [3.8, 4) is 5.75 Å². The first-order valence-corrected chi connectivity index (χ1v) is 5.68. The van der Waals surface area contributed by atoms with Crippen molar-refractivity contribution in [1.29, 1.82) is 0 Å². The molecule has 0 bridgehead atoms. The number of nitrogens with one attached hydrogen (secondary N) is 1. The van der Waals surface area contributed by atoms with Gasteiger partial charge in [0, 0.05) is 24.7 Å². The second-order valence-corrected chi connectivity index (χ2v) is 4.00. The zero-order valence-corrected chi connectivity index (χ0v) is 10.7. The zero-order valence-electron chi connectivity index (χ0n) is 10.7. The van der Waals surface area contributed by atoms with Gasteiger partial charge in [-0.1, -0.05) is 18.2 Å². The molecular weight excluding hydrogens is 200 g/mol. The Kier molecular flexibility index (Phi) is 5.29. The van der Waals surface area contributed by atoms with Crippen molar-refractivity contribution < 1.29 is 4.74 Å². The van der Waals surface area contributed by atoms with E-state index in [0.717, 1.165) is 18.8 Å². The van der Waals surface area contributed by atoms with Crippen LogP contribution in [0.5, 0.6) is 5.75 Å². The van der Waals surface area contributed by atoms with Crippen molar-refractivity contribution in [2.75, 3.05) is 34.3 Å². The lowest BCUT2D eigenvalue weighted by molar-refractivity contribution is 0.257. The molecule has 0 saturated heterocycles. The number of nitrogens with zero attached hydrogens (tertiary/aromatic N) is 1. The van der Waals surface area contributed by atoms with Crippen LogP contribution in [0.3, 0.4) is 0 Å². The Hall–Kier alpha value is -1.06. The Morgan fingerprint density at radius 2 is 2.06 bits per heavy atom. The van der Waals surface area contributed by atoms with E-state index in [4.69, 9.17) is 4.74 Å². The van der Waals surface area contributed by atoms with E-state index in [1.54, 1.807) is 7.11 Å². The molecule has 0 amide bonds. The van der Waals surface area contributed by atoms with Gasteiger partial charge < -0.3 is 10.1 Å². The first kappa shape index (κ1) is 13.0. The highest BCUT2D eigenvalue weighted by molar-refractivity contribution is 5.35.